The molecule has 0 aliphatic rings. The van der Waals surface area contributed by atoms with Gasteiger partial charge in [-0.3, -0.25) is 4.79 Å². The van der Waals surface area contributed by atoms with E-state index in [4.69, 9.17) is 10.00 Å². The van der Waals surface area contributed by atoms with Crippen LogP contribution in [0.5, 0.6) is 0 Å². The zero-order valence-corrected chi connectivity index (χ0v) is 11.6. The number of nitrogens with one attached hydrogen (secondary N) is 1. The number of halogens is 1. The summed E-state index contributed by atoms with van der Waals surface area (Å²) in [7, 11) is 3.10. The molecule has 5 nitrogen and oxygen atoms in total. The molecular formula is C14H18FN3O2. The second-order valence-corrected chi connectivity index (χ2v) is 4.11. The maximum atomic E-state index is 13.7. The van der Waals surface area contributed by atoms with Crippen molar-refractivity contribution >= 4 is 11.6 Å². The van der Waals surface area contributed by atoms with E-state index in [9.17, 15) is 9.18 Å². The predicted molar refractivity (Wildman–Crippen MR) is 74.0 cm³/mol. The molecule has 0 aliphatic heterocycles. The first kappa shape index (κ1) is 15.9. The highest BCUT2D eigenvalue weighted by molar-refractivity contribution is 5.99. The molecule has 0 spiro atoms. The average Bonchev–Trinajstić information content (AvgIpc) is 2.46. The summed E-state index contributed by atoms with van der Waals surface area (Å²) >= 11 is 0. The minimum absolute atomic E-state index is 0.164. The van der Waals surface area contributed by atoms with Crippen molar-refractivity contribution in [2.45, 2.75) is 6.42 Å². The van der Waals surface area contributed by atoms with E-state index in [0.29, 0.717) is 19.7 Å². The van der Waals surface area contributed by atoms with Crippen molar-refractivity contribution < 1.29 is 13.9 Å². The number of rotatable bonds is 7. The second-order valence-electron chi connectivity index (χ2n) is 4.11. The number of nitrogens with zero attached hydrogens (tertiary/aromatic N) is 2. The zero-order chi connectivity index (χ0) is 15.0. The molecule has 1 amide bonds. The number of anilines is 1. The van der Waals surface area contributed by atoms with Crippen LogP contribution in [0.25, 0.3) is 0 Å². The number of ether oxygens (including phenoxy) is 1. The minimum atomic E-state index is -0.481. The van der Waals surface area contributed by atoms with Crippen molar-refractivity contribution in [2.24, 2.45) is 0 Å². The molecule has 0 aliphatic carbocycles. The third kappa shape index (κ3) is 3.93. The van der Waals surface area contributed by atoms with Gasteiger partial charge in [0, 0.05) is 27.2 Å². The number of nitriles is 1. The average molecular weight is 279 g/mol. The first-order valence-electron chi connectivity index (χ1n) is 6.27. The fourth-order valence-electron chi connectivity index (χ4n) is 1.83. The van der Waals surface area contributed by atoms with Crippen LogP contribution in [-0.4, -0.2) is 44.7 Å². The molecule has 1 N–H and O–H groups in total. The molecule has 20 heavy (non-hydrogen) atoms. The van der Waals surface area contributed by atoms with Crippen molar-refractivity contribution in [3.63, 3.8) is 0 Å². The van der Waals surface area contributed by atoms with Crippen LogP contribution >= 0.6 is 0 Å². The highest BCUT2D eigenvalue weighted by Gasteiger charge is 2.20. The van der Waals surface area contributed by atoms with Crippen LogP contribution in [0.1, 0.15) is 16.8 Å². The number of carbonyl (C=O) groups excluding carboxylic acids is 1. The number of amides is 1. The minimum Gasteiger partial charge on any atom is -0.385 e. The third-order valence-electron chi connectivity index (χ3n) is 2.84. The molecule has 0 fully saturated rings. The first-order chi connectivity index (χ1) is 9.65. The number of benzene rings is 1. The third-order valence-corrected chi connectivity index (χ3v) is 2.84. The van der Waals surface area contributed by atoms with Gasteiger partial charge in [-0.2, -0.15) is 5.26 Å². The van der Waals surface area contributed by atoms with Crippen molar-refractivity contribution in [3.05, 3.63) is 29.6 Å². The maximum Gasteiger partial charge on any atom is 0.256 e. The van der Waals surface area contributed by atoms with Gasteiger partial charge in [-0.15, -0.1) is 0 Å². The summed E-state index contributed by atoms with van der Waals surface area (Å²) in [6, 6.07) is 6.33. The Labute approximate surface area is 117 Å². The zero-order valence-electron chi connectivity index (χ0n) is 11.6. The Kier molecular flexibility index (Phi) is 6.47. The van der Waals surface area contributed by atoms with Crippen molar-refractivity contribution in [1.82, 2.24) is 4.90 Å². The van der Waals surface area contributed by atoms with Gasteiger partial charge in [-0.05, 0) is 12.1 Å². The quantitative estimate of drug-likeness (QED) is 0.827. The van der Waals surface area contributed by atoms with Gasteiger partial charge >= 0.3 is 0 Å². The normalized spacial score (nSPS) is 9.90. The van der Waals surface area contributed by atoms with E-state index in [1.54, 1.807) is 13.1 Å². The number of para-hydroxylation sites is 1. The molecule has 1 rings (SSSR count). The van der Waals surface area contributed by atoms with Crippen LogP contribution < -0.4 is 5.32 Å². The Bertz CT molecular complexity index is 500. The lowest BCUT2D eigenvalue weighted by Gasteiger charge is -2.22. The Morgan fingerprint density at radius 2 is 2.25 bits per heavy atom. The van der Waals surface area contributed by atoms with E-state index < -0.39 is 5.82 Å². The van der Waals surface area contributed by atoms with E-state index in [-0.39, 0.29) is 23.6 Å². The highest BCUT2D eigenvalue weighted by Crippen LogP contribution is 2.21. The molecule has 0 atom stereocenters. The van der Waals surface area contributed by atoms with Crippen LogP contribution in [0, 0.1) is 17.1 Å². The summed E-state index contributed by atoms with van der Waals surface area (Å²) in [5.74, 6) is -0.800. The molecular weight excluding hydrogens is 261 g/mol. The largest absolute Gasteiger partial charge is 0.385 e. The van der Waals surface area contributed by atoms with E-state index in [0.717, 1.165) is 0 Å². The molecule has 0 saturated heterocycles. The topological polar surface area (TPSA) is 65.4 Å². The van der Waals surface area contributed by atoms with Gasteiger partial charge < -0.3 is 15.0 Å². The van der Waals surface area contributed by atoms with Gasteiger partial charge in [0.15, 0.2) is 0 Å². The van der Waals surface area contributed by atoms with Crippen LogP contribution in [-0.2, 0) is 4.74 Å². The maximum absolute atomic E-state index is 13.7. The molecule has 0 heterocycles. The van der Waals surface area contributed by atoms with Crippen molar-refractivity contribution in [3.8, 4) is 6.07 Å². The van der Waals surface area contributed by atoms with Gasteiger partial charge in [0.25, 0.3) is 5.91 Å². The summed E-state index contributed by atoms with van der Waals surface area (Å²) in [6.45, 7) is 1.01. The van der Waals surface area contributed by atoms with Gasteiger partial charge in [0.05, 0.1) is 30.3 Å². The van der Waals surface area contributed by atoms with E-state index in [2.05, 4.69) is 5.32 Å². The number of carbonyl (C=O) groups is 1. The van der Waals surface area contributed by atoms with Crippen LogP contribution in [0.3, 0.4) is 0 Å². The number of hydrogen-bond donors (Lipinski definition) is 1. The molecule has 108 valence electrons. The predicted octanol–water partition coefficient (Wildman–Crippen LogP) is 1.87. The van der Waals surface area contributed by atoms with Crippen molar-refractivity contribution in [2.75, 3.05) is 39.2 Å². The number of methoxy groups -OCH3 is 1. The summed E-state index contributed by atoms with van der Waals surface area (Å²) in [4.78, 5) is 13.9. The summed E-state index contributed by atoms with van der Waals surface area (Å²) in [6.07, 6.45) is 0.222. The summed E-state index contributed by atoms with van der Waals surface area (Å²) < 4.78 is 18.6. The molecule has 0 aromatic heterocycles. The molecule has 1 aromatic rings. The van der Waals surface area contributed by atoms with Gasteiger partial charge in [0.2, 0.25) is 0 Å². The van der Waals surface area contributed by atoms with Crippen LogP contribution in [0.15, 0.2) is 18.2 Å². The molecule has 0 saturated carbocycles. The SMILES string of the molecule is CNc1c(F)cccc1C(=O)N(CCC#N)CCOC. The lowest BCUT2D eigenvalue weighted by Crippen LogP contribution is -2.35. The lowest BCUT2D eigenvalue weighted by atomic mass is 10.1. The van der Waals surface area contributed by atoms with Crippen LogP contribution in [0.4, 0.5) is 10.1 Å². The Morgan fingerprint density at radius 3 is 2.85 bits per heavy atom. The molecule has 0 bridgehead atoms. The Hall–Kier alpha value is -2.13. The van der Waals surface area contributed by atoms with Gasteiger partial charge in [0.1, 0.15) is 5.82 Å². The summed E-state index contributed by atoms with van der Waals surface area (Å²) in [5, 5.41) is 11.3. The summed E-state index contributed by atoms with van der Waals surface area (Å²) in [5.41, 5.74) is 0.415. The fourth-order valence-corrected chi connectivity index (χ4v) is 1.83. The lowest BCUT2D eigenvalue weighted by molar-refractivity contribution is 0.0700. The van der Waals surface area contributed by atoms with E-state index in [1.807, 2.05) is 6.07 Å². The van der Waals surface area contributed by atoms with Gasteiger partial charge in [-0.1, -0.05) is 6.07 Å². The second kappa shape index (κ2) is 8.12. The highest BCUT2D eigenvalue weighted by atomic mass is 19.1. The van der Waals surface area contributed by atoms with Crippen molar-refractivity contribution in [1.29, 1.82) is 5.26 Å². The monoisotopic (exact) mass is 279 g/mol. The van der Waals surface area contributed by atoms with Gasteiger partial charge in [-0.25, -0.2) is 4.39 Å². The molecule has 0 radical (unpaired) electrons. The fraction of sp³-hybridized carbons (Fsp3) is 0.429. The smallest absolute Gasteiger partial charge is 0.256 e. The first-order valence-corrected chi connectivity index (χ1v) is 6.27. The van der Waals surface area contributed by atoms with E-state index >= 15 is 0 Å². The van der Waals surface area contributed by atoms with E-state index in [1.165, 1.54) is 24.1 Å². The molecule has 6 heteroatoms. The number of hydrogen-bond acceptors (Lipinski definition) is 4. The molecule has 1 aromatic carbocycles. The van der Waals surface area contributed by atoms with Crippen LogP contribution in [0.2, 0.25) is 0 Å². The Balaban J connectivity index is 2.99. The molecule has 0 unspecified atom stereocenters. The standard InChI is InChI=1S/C14H18FN3O2/c1-17-13-11(5-3-6-12(13)15)14(19)18(8-4-7-16)9-10-20-2/h3,5-6,17H,4,8-10H2,1-2H3. The Morgan fingerprint density at radius 1 is 1.50 bits per heavy atom.